The van der Waals surface area contributed by atoms with Gasteiger partial charge < -0.3 is 15.2 Å². The summed E-state index contributed by atoms with van der Waals surface area (Å²) in [6.07, 6.45) is 3.44. The summed E-state index contributed by atoms with van der Waals surface area (Å²) >= 11 is 0. The largest absolute Gasteiger partial charge is 0.481 e. The van der Waals surface area contributed by atoms with Crippen molar-refractivity contribution < 1.29 is 19.4 Å². The van der Waals surface area contributed by atoms with Crippen LogP contribution in [0, 0.1) is 11.8 Å². The average Bonchev–Trinajstić information content (AvgIpc) is 3.06. The second-order valence-corrected chi connectivity index (χ2v) is 4.59. The number of carbonyl (C=O) groups is 2. The van der Waals surface area contributed by atoms with Gasteiger partial charge in [0.25, 0.3) is 0 Å². The first kappa shape index (κ1) is 14.0. The zero-order valence-corrected chi connectivity index (χ0v) is 10.4. The molecule has 98 valence electrons. The van der Waals surface area contributed by atoms with Crippen LogP contribution in [0.25, 0.3) is 0 Å². The third-order valence-electron chi connectivity index (χ3n) is 3.06. The summed E-state index contributed by atoms with van der Waals surface area (Å²) in [6, 6.07) is 0.00231. The lowest BCUT2D eigenvalue weighted by molar-refractivity contribution is -0.140. The van der Waals surface area contributed by atoms with E-state index >= 15 is 0 Å². The lowest BCUT2D eigenvalue weighted by Crippen LogP contribution is -2.39. The second-order valence-electron chi connectivity index (χ2n) is 4.59. The Morgan fingerprint density at radius 3 is 2.65 bits per heavy atom. The molecule has 3 atom stereocenters. The molecule has 0 bridgehead atoms. The molecule has 1 aliphatic carbocycles. The number of amides is 1. The van der Waals surface area contributed by atoms with Crippen LogP contribution >= 0.6 is 0 Å². The van der Waals surface area contributed by atoms with Crippen LogP contribution in [0.15, 0.2) is 0 Å². The highest BCUT2D eigenvalue weighted by molar-refractivity contribution is 5.89. The molecule has 1 saturated carbocycles. The van der Waals surface area contributed by atoms with Crippen LogP contribution in [0.3, 0.4) is 0 Å². The van der Waals surface area contributed by atoms with Gasteiger partial charge in [0.05, 0.1) is 24.5 Å². The Hall–Kier alpha value is -1.10. The van der Waals surface area contributed by atoms with Gasteiger partial charge in [0.2, 0.25) is 5.91 Å². The van der Waals surface area contributed by atoms with Crippen molar-refractivity contribution in [1.29, 1.82) is 0 Å². The predicted molar refractivity (Wildman–Crippen MR) is 62.6 cm³/mol. The van der Waals surface area contributed by atoms with E-state index in [1.54, 1.807) is 7.11 Å². The van der Waals surface area contributed by atoms with E-state index in [2.05, 4.69) is 12.2 Å². The number of unbranched alkanes of at least 4 members (excludes halogenated alkanes) is 1. The number of ether oxygens (including phenoxy) is 1. The highest BCUT2D eigenvalue weighted by Gasteiger charge is 2.48. The molecule has 0 aromatic carbocycles. The molecule has 0 aromatic rings. The van der Waals surface area contributed by atoms with Crippen LogP contribution in [0.1, 0.15) is 32.6 Å². The van der Waals surface area contributed by atoms with E-state index in [1.165, 1.54) is 0 Å². The molecule has 5 nitrogen and oxygen atoms in total. The minimum atomic E-state index is -0.873. The van der Waals surface area contributed by atoms with Crippen molar-refractivity contribution in [3.63, 3.8) is 0 Å². The molecule has 0 aromatic heterocycles. The minimum Gasteiger partial charge on any atom is -0.481 e. The van der Waals surface area contributed by atoms with Crippen molar-refractivity contribution in [3.05, 3.63) is 0 Å². The molecule has 2 N–H and O–H groups in total. The number of methoxy groups -OCH3 is 1. The van der Waals surface area contributed by atoms with Crippen molar-refractivity contribution in [2.24, 2.45) is 11.8 Å². The molecule has 0 spiro atoms. The van der Waals surface area contributed by atoms with Crippen LogP contribution < -0.4 is 5.32 Å². The van der Waals surface area contributed by atoms with Crippen LogP contribution in [0.5, 0.6) is 0 Å². The highest BCUT2D eigenvalue weighted by atomic mass is 16.5. The van der Waals surface area contributed by atoms with Gasteiger partial charge in [0.1, 0.15) is 0 Å². The van der Waals surface area contributed by atoms with Crippen LogP contribution in [-0.4, -0.2) is 36.7 Å². The predicted octanol–water partition coefficient (Wildman–Crippen LogP) is 1.03. The molecule has 1 aliphatic rings. The Balaban J connectivity index is 2.34. The topological polar surface area (TPSA) is 75.6 Å². The fraction of sp³-hybridized carbons (Fsp3) is 0.833. The number of nitrogens with one attached hydrogen (secondary N) is 1. The molecular formula is C12H21NO4. The quantitative estimate of drug-likeness (QED) is 0.667. The van der Waals surface area contributed by atoms with Crippen LogP contribution in [-0.2, 0) is 14.3 Å². The smallest absolute Gasteiger partial charge is 0.307 e. The van der Waals surface area contributed by atoms with E-state index in [4.69, 9.17) is 9.84 Å². The molecule has 17 heavy (non-hydrogen) atoms. The van der Waals surface area contributed by atoms with E-state index in [0.717, 1.165) is 19.3 Å². The van der Waals surface area contributed by atoms with Crippen molar-refractivity contribution in [2.75, 3.05) is 13.7 Å². The van der Waals surface area contributed by atoms with Crippen molar-refractivity contribution >= 4 is 11.9 Å². The monoisotopic (exact) mass is 243 g/mol. The van der Waals surface area contributed by atoms with Crippen molar-refractivity contribution in [1.82, 2.24) is 5.32 Å². The molecule has 0 aliphatic heterocycles. The zero-order valence-electron chi connectivity index (χ0n) is 10.4. The average molecular weight is 243 g/mol. The number of rotatable bonds is 8. The minimum absolute atomic E-state index is 0.00231. The van der Waals surface area contributed by atoms with Gasteiger partial charge in [-0.3, -0.25) is 9.59 Å². The molecule has 0 saturated heterocycles. The first-order chi connectivity index (χ1) is 8.10. The van der Waals surface area contributed by atoms with Crippen molar-refractivity contribution in [2.45, 2.75) is 38.6 Å². The Kier molecular flexibility index (Phi) is 5.41. The van der Waals surface area contributed by atoms with Gasteiger partial charge in [-0.2, -0.15) is 0 Å². The summed E-state index contributed by atoms with van der Waals surface area (Å²) in [5.41, 5.74) is 0. The molecule has 1 rings (SSSR count). The van der Waals surface area contributed by atoms with Crippen LogP contribution in [0.4, 0.5) is 0 Å². The summed E-state index contributed by atoms with van der Waals surface area (Å²) in [4.78, 5) is 22.4. The Morgan fingerprint density at radius 2 is 2.18 bits per heavy atom. The third-order valence-corrected chi connectivity index (χ3v) is 3.06. The molecule has 1 amide bonds. The SMILES string of the molecule is CCCC[C@H](COC)NC(=O)[C@@H]1C[C@@H]1C(=O)O. The standard InChI is InChI=1S/C12H21NO4/c1-3-4-5-8(7-17-2)13-11(14)9-6-10(9)12(15)16/h8-10H,3-7H2,1-2H3,(H,13,14)(H,15,16)/t8-,9-,10+/m1/s1. The fourth-order valence-corrected chi connectivity index (χ4v) is 1.91. The maximum atomic E-state index is 11.7. The van der Waals surface area contributed by atoms with E-state index in [-0.39, 0.29) is 17.9 Å². The summed E-state index contributed by atoms with van der Waals surface area (Å²) in [5.74, 6) is -1.84. The number of carboxylic acid groups (broad SMARTS) is 1. The van der Waals surface area contributed by atoms with E-state index in [0.29, 0.717) is 13.0 Å². The number of hydrogen-bond donors (Lipinski definition) is 2. The summed E-state index contributed by atoms with van der Waals surface area (Å²) in [7, 11) is 1.60. The molecule has 5 heteroatoms. The van der Waals surface area contributed by atoms with Crippen molar-refractivity contribution in [3.8, 4) is 0 Å². The summed E-state index contributed by atoms with van der Waals surface area (Å²) in [5, 5.41) is 11.6. The number of carboxylic acids is 1. The van der Waals surface area contributed by atoms with Gasteiger partial charge in [-0.25, -0.2) is 0 Å². The highest BCUT2D eigenvalue weighted by Crippen LogP contribution is 2.38. The first-order valence-electron chi connectivity index (χ1n) is 6.12. The van der Waals surface area contributed by atoms with Gasteiger partial charge in [0.15, 0.2) is 0 Å². The van der Waals surface area contributed by atoms with Gasteiger partial charge in [-0.15, -0.1) is 0 Å². The number of aliphatic carboxylic acids is 1. The van der Waals surface area contributed by atoms with Gasteiger partial charge >= 0.3 is 5.97 Å². The number of carbonyl (C=O) groups excluding carboxylic acids is 1. The molecule has 0 radical (unpaired) electrons. The molecule has 0 heterocycles. The van der Waals surface area contributed by atoms with E-state index in [9.17, 15) is 9.59 Å². The Bertz CT molecular complexity index is 280. The summed E-state index contributed by atoms with van der Waals surface area (Å²) < 4.78 is 5.05. The zero-order chi connectivity index (χ0) is 12.8. The fourth-order valence-electron chi connectivity index (χ4n) is 1.91. The maximum Gasteiger partial charge on any atom is 0.307 e. The lowest BCUT2D eigenvalue weighted by atomic mass is 10.1. The number of hydrogen-bond acceptors (Lipinski definition) is 3. The van der Waals surface area contributed by atoms with E-state index in [1.807, 2.05) is 0 Å². The maximum absolute atomic E-state index is 11.7. The molecular weight excluding hydrogens is 222 g/mol. The van der Waals surface area contributed by atoms with Gasteiger partial charge in [-0.05, 0) is 12.8 Å². The third kappa shape index (κ3) is 4.34. The Morgan fingerprint density at radius 1 is 1.47 bits per heavy atom. The first-order valence-corrected chi connectivity index (χ1v) is 6.12. The molecule has 1 fully saturated rings. The van der Waals surface area contributed by atoms with E-state index < -0.39 is 11.9 Å². The van der Waals surface area contributed by atoms with Crippen LogP contribution in [0.2, 0.25) is 0 Å². The Labute approximate surface area is 102 Å². The second kappa shape index (κ2) is 6.59. The van der Waals surface area contributed by atoms with Gasteiger partial charge in [-0.1, -0.05) is 19.8 Å². The van der Waals surface area contributed by atoms with Gasteiger partial charge in [0, 0.05) is 7.11 Å². The lowest BCUT2D eigenvalue weighted by Gasteiger charge is -2.17. The molecule has 0 unspecified atom stereocenters. The summed E-state index contributed by atoms with van der Waals surface area (Å²) in [6.45, 7) is 2.57. The normalized spacial score (nSPS) is 24.1.